The lowest BCUT2D eigenvalue weighted by Crippen LogP contribution is -2.14. The van der Waals surface area contributed by atoms with E-state index in [1.807, 2.05) is 13.2 Å². The minimum absolute atomic E-state index is 0.162. The molecule has 15 heavy (non-hydrogen) atoms. The van der Waals surface area contributed by atoms with E-state index in [-0.39, 0.29) is 5.91 Å². The van der Waals surface area contributed by atoms with E-state index in [0.29, 0.717) is 11.4 Å². The number of hydrogen-bond donors (Lipinski definition) is 2. The monoisotopic (exact) mass is 268 g/mol. The Morgan fingerprint density at radius 1 is 1.67 bits per heavy atom. The number of aryl methyl sites for hydroxylation is 1. The van der Waals surface area contributed by atoms with Gasteiger partial charge in [0.05, 0.1) is 11.9 Å². The first-order chi connectivity index (χ1) is 7.16. The first kappa shape index (κ1) is 9.97. The lowest BCUT2D eigenvalue weighted by atomic mass is 10.4. The molecule has 0 bridgehead atoms. The molecule has 0 saturated carbocycles. The van der Waals surface area contributed by atoms with Crippen LogP contribution in [-0.2, 0) is 7.05 Å². The Labute approximate surface area is 94.6 Å². The Balaban J connectivity index is 2.18. The number of nitrogens with zero attached hydrogens (tertiary/aromatic N) is 2. The summed E-state index contributed by atoms with van der Waals surface area (Å²) < 4.78 is 2.63. The molecule has 6 heteroatoms. The topological polar surface area (TPSA) is 62.7 Å². The normalized spacial score (nSPS) is 10.3. The number of anilines is 1. The van der Waals surface area contributed by atoms with Crippen LogP contribution < -0.4 is 5.32 Å². The van der Waals surface area contributed by atoms with Crippen LogP contribution in [0.1, 0.15) is 10.5 Å². The second kappa shape index (κ2) is 3.90. The predicted molar refractivity (Wildman–Crippen MR) is 59.7 cm³/mol. The third kappa shape index (κ3) is 2.10. The van der Waals surface area contributed by atoms with Gasteiger partial charge in [0.1, 0.15) is 5.69 Å². The predicted octanol–water partition coefficient (Wildman–Crippen LogP) is 1.76. The van der Waals surface area contributed by atoms with Crippen molar-refractivity contribution in [3.8, 4) is 0 Å². The van der Waals surface area contributed by atoms with Crippen molar-refractivity contribution in [1.29, 1.82) is 0 Å². The highest BCUT2D eigenvalue weighted by Gasteiger charge is 2.11. The Kier molecular flexibility index (Phi) is 2.59. The molecule has 0 spiro atoms. The van der Waals surface area contributed by atoms with Crippen LogP contribution in [0, 0.1) is 0 Å². The molecule has 2 rings (SSSR count). The molecule has 2 heterocycles. The largest absolute Gasteiger partial charge is 0.345 e. The molecule has 0 aliphatic heterocycles. The summed E-state index contributed by atoms with van der Waals surface area (Å²) in [5.74, 6) is -0.162. The van der Waals surface area contributed by atoms with E-state index in [9.17, 15) is 4.79 Å². The van der Waals surface area contributed by atoms with Crippen LogP contribution >= 0.6 is 15.9 Å². The fraction of sp³-hybridized carbons (Fsp3) is 0.111. The molecule has 2 aromatic heterocycles. The van der Waals surface area contributed by atoms with Crippen molar-refractivity contribution < 1.29 is 4.79 Å². The number of H-pyrrole nitrogens is 1. The molecule has 0 aliphatic rings. The van der Waals surface area contributed by atoms with Crippen molar-refractivity contribution in [1.82, 2.24) is 14.8 Å². The van der Waals surface area contributed by atoms with Gasteiger partial charge in [-0.3, -0.25) is 9.89 Å². The van der Waals surface area contributed by atoms with Gasteiger partial charge >= 0.3 is 0 Å². The van der Waals surface area contributed by atoms with E-state index >= 15 is 0 Å². The minimum atomic E-state index is -0.162. The third-order valence-corrected chi connectivity index (χ3v) is 2.39. The maximum absolute atomic E-state index is 11.8. The number of aromatic nitrogens is 3. The van der Waals surface area contributed by atoms with Gasteiger partial charge in [-0.05, 0) is 22.0 Å². The molecule has 0 saturated heterocycles. The molecule has 2 N–H and O–H groups in total. The molecule has 0 unspecified atom stereocenters. The summed E-state index contributed by atoms with van der Waals surface area (Å²) in [4.78, 5) is 11.8. The number of amides is 1. The average Bonchev–Trinajstić information content (AvgIpc) is 2.75. The number of nitrogens with one attached hydrogen (secondary N) is 2. The van der Waals surface area contributed by atoms with Crippen LogP contribution in [0.4, 0.5) is 5.69 Å². The van der Waals surface area contributed by atoms with E-state index in [2.05, 4.69) is 31.4 Å². The van der Waals surface area contributed by atoms with Crippen molar-refractivity contribution in [2.24, 2.45) is 7.05 Å². The van der Waals surface area contributed by atoms with Gasteiger partial charge in [-0.25, -0.2) is 0 Å². The molecule has 0 aromatic carbocycles. The smallest absolute Gasteiger partial charge is 0.272 e. The van der Waals surface area contributed by atoms with E-state index in [0.717, 1.165) is 4.47 Å². The minimum Gasteiger partial charge on any atom is -0.345 e. The van der Waals surface area contributed by atoms with Crippen molar-refractivity contribution in [3.05, 3.63) is 34.8 Å². The van der Waals surface area contributed by atoms with Crippen molar-refractivity contribution in [2.75, 3.05) is 5.32 Å². The molecule has 0 radical (unpaired) electrons. The lowest BCUT2D eigenvalue weighted by molar-refractivity contribution is 0.101. The highest BCUT2D eigenvalue weighted by Crippen LogP contribution is 2.15. The summed E-state index contributed by atoms with van der Waals surface area (Å²) in [6.45, 7) is 0. The van der Waals surface area contributed by atoms with E-state index in [1.165, 1.54) is 0 Å². The molecule has 78 valence electrons. The average molecular weight is 269 g/mol. The summed E-state index contributed by atoms with van der Waals surface area (Å²) in [7, 11) is 1.81. The summed E-state index contributed by atoms with van der Waals surface area (Å²) in [6, 6.07) is 1.76. The number of aromatic amines is 1. The Hall–Kier alpha value is -1.56. The number of hydrogen-bond acceptors (Lipinski definition) is 2. The van der Waals surface area contributed by atoms with Crippen LogP contribution in [0.5, 0.6) is 0 Å². The number of carbonyl (C=O) groups is 1. The van der Waals surface area contributed by atoms with Crippen molar-refractivity contribution in [2.45, 2.75) is 0 Å². The molecule has 5 nitrogen and oxygen atoms in total. The molecule has 0 atom stereocenters. The van der Waals surface area contributed by atoms with E-state index < -0.39 is 0 Å². The highest BCUT2D eigenvalue weighted by atomic mass is 79.9. The van der Waals surface area contributed by atoms with Gasteiger partial charge in [-0.15, -0.1) is 0 Å². The second-order valence-corrected chi connectivity index (χ2v) is 4.01. The zero-order valence-electron chi connectivity index (χ0n) is 7.99. The van der Waals surface area contributed by atoms with E-state index in [4.69, 9.17) is 0 Å². The van der Waals surface area contributed by atoms with E-state index in [1.54, 1.807) is 23.0 Å². The van der Waals surface area contributed by atoms with Gasteiger partial charge in [0, 0.05) is 23.9 Å². The fourth-order valence-corrected chi connectivity index (χ4v) is 1.79. The Bertz CT molecular complexity index is 474. The first-order valence-electron chi connectivity index (χ1n) is 4.29. The SMILES string of the molecule is Cn1cc(Br)cc1C(=O)Nc1cn[nH]c1. The maximum atomic E-state index is 11.8. The fourth-order valence-electron chi connectivity index (χ4n) is 1.26. The number of carbonyl (C=O) groups excluding carboxylic acids is 1. The van der Waals surface area contributed by atoms with Crippen LogP contribution in [0.3, 0.4) is 0 Å². The Morgan fingerprint density at radius 3 is 3.00 bits per heavy atom. The van der Waals surface area contributed by atoms with Gasteiger partial charge in [0.15, 0.2) is 0 Å². The molecular formula is C9H9BrN4O. The molecular weight excluding hydrogens is 260 g/mol. The summed E-state index contributed by atoms with van der Waals surface area (Å²) in [6.07, 6.45) is 5.00. The second-order valence-electron chi connectivity index (χ2n) is 3.10. The van der Waals surface area contributed by atoms with Crippen molar-refractivity contribution in [3.63, 3.8) is 0 Å². The number of rotatable bonds is 2. The zero-order valence-corrected chi connectivity index (χ0v) is 9.58. The van der Waals surface area contributed by atoms with Crippen LogP contribution in [0.15, 0.2) is 29.1 Å². The Morgan fingerprint density at radius 2 is 2.47 bits per heavy atom. The molecule has 1 amide bonds. The van der Waals surface area contributed by atoms with Crippen LogP contribution in [-0.4, -0.2) is 20.7 Å². The highest BCUT2D eigenvalue weighted by molar-refractivity contribution is 9.10. The molecule has 0 aliphatic carbocycles. The third-order valence-electron chi connectivity index (χ3n) is 1.96. The van der Waals surface area contributed by atoms with Crippen LogP contribution in [0.2, 0.25) is 0 Å². The summed E-state index contributed by atoms with van der Waals surface area (Å²) >= 11 is 3.31. The summed E-state index contributed by atoms with van der Waals surface area (Å²) in [5, 5.41) is 9.08. The first-order valence-corrected chi connectivity index (χ1v) is 5.08. The van der Waals surface area contributed by atoms with Crippen molar-refractivity contribution >= 4 is 27.5 Å². The van der Waals surface area contributed by atoms with Gasteiger partial charge in [-0.2, -0.15) is 5.10 Å². The van der Waals surface area contributed by atoms with Gasteiger partial charge in [0.25, 0.3) is 5.91 Å². The molecule has 0 fully saturated rings. The van der Waals surface area contributed by atoms with Gasteiger partial charge < -0.3 is 9.88 Å². The molecule has 2 aromatic rings. The summed E-state index contributed by atoms with van der Waals surface area (Å²) in [5.41, 5.74) is 1.24. The number of halogens is 1. The lowest BCUT2D eigenvalue weighted by Gasteiger charge is -2.02. The van der Waals surface area contributed by atoms with Gasteiger partial charge in [0.2, 0.25) is 0 Å². The standard InChI is InChI=1S/C9H9BrN4O/c1-14-5-6(10)2-8(14)9(15)13-7-3-11-12-4-7/h2-5H,1H3,(H,11,12)(H,13,15). The maximum Gasteiger partial charge on any atom is 0.272 e. The van der Waals surface area contributed by atoms with Crippen LogP contribution in [0.25, 0.3) is 0 Å². The van der Waals surface area contributed by atoms with Gasteiger partial charge in [-0.1, -0.05) is 0 Å². The zero-order chi connectivity index (χ0) is 10.8. The quantitative estimate of drug-likeness (QED) is 0.872.